The molecule has 20 heavy (non-hydrogen) atoms. The predicted molar refractivity (Wildman–Crippen MR) is 84.6 cm³/mol. The van der Waals surface area contributed by atoms with Gasteiger partial charge in [-0.15, -0.1) is 0 Å². The SMILES string of the molecule is CC(C)CCCC(C)NC(=O)N(C)Cc1ccc(Br)o1. The van der Waals surface area contributed by atoms with E-state index in [1.165, 1.54) is 6.42 Å². The molecule has 1 atom stereocenters. The van der Waals surface area contributed by atoms with Gasteiger partial charge in [0, 0.05) is 13.1 Å². The largest absolute Gasteiger partial charge is 0.452 e. The topological polar surface area (TPSA) is 45.5 Å². The van der Waals surface area contributed by atoms with Crippen LogP contribution in [0, 0.1) is 5.92 Å². The van der Waals surface area contributed by atoms with E-state index in [-0.39, 0.29) is 12.1 Å². The standard InChI is InChI=1S/C15H25BrN2O2/c1-11(2)6-5-7-12(3)17-15(19)18(4)10-13-8-9-14(16)20-13/h8-9,11-12H,5-7,10H2,1-4H3,(H,17,19). The van der Waals surface area contributed by atoms with E-state index in [0.29, 0.717) is 11.2 Å². The molecule has 0 aromatic carbocycles. The number of nitrogens with one attached hydrogen (secondary N) is 1. The van der Waals surface area contributed by atoms with Crippen molar-refractivity contribution in [3.63, 3.8) is 0 Å². The molecule has 0 saturated carbocycles. The van der Waals surface area contributed by atoms with Crippen molar-refractivity contribution in [1.82, 2.24) is 10.2 Å². The van der Waals surface area contributed by atoms with Crippen molar-refractivity contribution in [2.24, 2.45) is 5.92 Å². The first-order valence-corrected chi connectivity index (χ1v) is 7.93. The molecule has 0 bridgehead atoms. The van der Waals surface area contributed by atoms with Crippen LogP contribution in [0.5, 0.6) is 0 Å². The molecule has 1 aromatic heterocycles. The van der Waals surface area contributed by atoms with Gasteiger partial charge in [0.2, 0.25) is 0 Å². The van der Waals surface area contributed by atoms with Crippen LogP contribution < -0.4 is 5.32 Å². The van der Waals surface area contributed by atoms with Crippen molar-refractivity contribution >= 4 is 22.0 Å². The highest BCUT2D eigenvalue weighted by atomic mass is 79.9. The number of hydrogen-bond acceptors (Lipinski definition) is 2. The maximum Gasteiger partial charge on any atom is 0.317 e. The van der Waals surface area contributed by atoms with Crippen LogP contribution in [0.3, 0.4) is 0 Å². The number of nitrogens with zero attached hydrogens (tertiary/aromatic N) is 1. The summed E-state index contributed by atoms with van der Waals surface area (Å²) in [6.07, 6.45) is 3.37. The van der Waals surface area contributed by atoms with Crippen LogP contribution in [0.1, 0.15) is 45.8 Å². The monoisotopic (exact) mass is 344 g/mol. The Hall–Kier alpha value is -0.970. The van der Waals surface area contributed by atoms with Crippen LogP contribution in [0.25, 0.3) is 0 Å². The van der Waals surface area contributed by atoms with Gasteiger partial charge in [0.15, 0.2) is 4.67 Å². The van der Waals surface area contributed by atoms with E-state index in [0.717, 1.165) is 24.5 Å². The van der Waals surface area contributed by atoms with E-state index in [1.807, 2.05) is 12.1 Å². The average molecular weight is 345 g/mol. The molecule has 5 heteroatoms. The van der Waals surface area contributed by atoms with Crippen molar-refractivity contribution in [1.29, 1.82) is 0 Å². The highest BCUT2D eigenvalue weighted by Gasteiger charge is 2.13. The Morgan fingerprint density at radius 1 is 1.35 bits per heavy atom. The van der Waals surface area contributed by atoms with Crippen molar-refractivity contribution in [3.05, 3.63) is 22.6 Å². The van der Waals surface area contributed by atoms with Crippen LogP contribution in [-0.4, -0.2) is 24.0 Å². The number of carbonyl (C=O) groups excluding carboxylic acids is 1. The molecule has 0 aliphatic rings. The van der Waals surface area contributed by atoms with Gasteiger partial charge in [0.25, 0.3) is 0 Å². The number of halogens is 1. The minimum absolute atomic E-state index is 0.0606. The smallest absolute Gasteiger partial charge is 0.317 e. The first-order valence-electron chi connectivity index (χ1n) is 7.14. The predicted octanol–water partition coefficient (Wildman–Crippen LogP) is 4.40. The maximum absolute atomic E-state index is 12.0. The lowest BCUT2D eigenvalue weighted by Gasteiger charge is -2.20. The fourth-order valence-corrected chi connectivity index (χ4v) is 2.31. The summed E-state index contributed by atoms with van der Waals surface area (Å²) < 4.78 is 6.08. The first-order chi connectivity index (χ1) is 9.38. The van der Waals surface area contributed by atoms with E-state index in [2.05, 4.69) is 42.0 Å². The Morgan fingerprint density at radius 2 is 2.05 bits per heavy atom. The molecule has 1 unspecified atom stereocenters. The summed E-state index contributed by atoms with van der Waals surface area (Å²) in [6, 6.07) is 3.83. The number of urea groups is 1. The van der Waals surface area contributed by atoms with Crippen LogP contribution >= 0.6 is 15.9 Å². The van der Waals surface area contributed by atoms with Crippen LogP contribution in [0.2, 0.25) is 0 Å². The van der Waals surface area contributed by atoms with Gasteiger partial charge in [-0.3, -0.25) is 0 Å². The summed E-state index contributed by atoms with van der Waals surface area (Å²) in [4.78, 5) is 13.7. The molecule has 1 rings (SSSR count). The Kier molecular flexibility index (Phi) is 7.13. The third-order valence-electron chi connectivity index (χ3n) is 3.16. The molecule has 0 saturated heterocycles. The minimum atomic E-state index is -0.0606. The lowest BCUT2D eigenvalue weighted by molar-refractivity contribution is 0.198. The lowest BCUT2D eigenvalue weighted by atomic mass is 10.0. The van der Waals surface area contributed by atoms with E-state index in [9.17, 15) is 4.79 Å². The Balaban J connectivity index is 2.30. The summed E-state index contributed by atoms with van der Waals surface area (Å²) in [7, 11) is 1.77. The van der Waals surface area contributed by atoms with Crippen molar-refractivity contribution < 1.29 is 9.21 Å². The first kappa shape index (κ1) is 17.1. The highest BCUT2D eigenvalue weighted by Crippen LogP contribution is 2.15. The van der Waals surface area contributed by atoms with E-state index in [1.54, 1.807) is 11.9 Å². The summed E-state index contributed by atoms with van der Waals surface area (Å²) in [6.45, 7) is 6.96. The van der Waals surface area contributed by atoms with Crippen LogP contribution in [0.4, 0.5) is 4.79 Å². The molecule has 114 valence electrons. The van der Waals surface area contributed by atoms with E-state index < -0.39 is 0 Å². The molecule has 1 N–H and O–H groups in total. The molecule has 4 nitrogen and oxygen atoms in total. The van der Waals surface area contributed by atoms with Gasteiger partial charge in [0.05, 0.1) is 6.54 Å². The third kappa shape index (κ3) is 6.46. The average Bonchev–Trinajstić information content (AvgIpc) is 2.74. The normalized spacial score (nSPS) is 12.5. The maximum atomic E-state index is 12.0. The summed E-state index contributed by atoms with van der Waals surface area (Å²) in [5, 5.41) is 3.01. The molecule has 0 spiro atoms. The summed E-state index contributed by atoms with van der Waals surface area (Å²) in [5.41, 5.74) is 0. The number of carbonyl (C=O) groups is 1. The van der Waals surface area contributed by atoms with Gasteiger partial charge in [0.1, 0.15) is 5.76 Å². The van der Waals surface area contributed by atoms with Gasteiger partial charge >= 0.3 is 6.03 Å². The van der Waals surface area contributed by atoms with Crippen LogP contribution in [-0.2, 0) is 6.54 Å². The van der Waals surface area contributed by atoms with Crippen LogP contribution in [0.15, 0.2) is 21.2 Å². The second-order valence-electron chi connectivity index (χ2n) is 5.74. The second-order valence-corrected chi connectivity index (χ2v) is 6.52. The quantitative estimate of drug-likeness (QED) is 0.796. The number of furan rings is 1. The summed E-state index contributed by atoms with van der Waals surface area (Å²) >= 11 is 3.25. The number of hydrogen-bond donors (Lipinski definition) is 1. The zero-order chi connectivity index (χ0) is 15.1. The van der Waals surface area contributed by atoms with Gasteiger partial charge in [-0.05, 0) is 47.3 Å². The second kappa shape index (κ2) is 8.35. The molecule has 0 aliphatic carbocycles. The fourth-order valence-electron chi connectivity index (χ4n) is 1.97. The molecule has 0 aliphatic heterocycles. The van der Waals surface area contributed by atoms with Gasteiger partial charge < -0.3 is 14.6 Å². The molecule has 0 radical (unpaired) electrons. The molecule has 2 amide bonds. The summed E-state index contributed by atoms with van der Waals surface area (Å²) in [5.74, 6) is 1.49. The Bertz CT molecular complexity index is 418. The molecule has 0 fully saturated rings. The van der Waals surface area contributed by atoms with Crippen molar-refractivity contribution in [3.8, 4) is 0 Å². The third-order valence-corrected chi connectivity index (χ3v) is 3.58. The molecule has 1 aromatic rings. The Morgan fingerprint density at radius 3 is 2.60 bits per heavy atom. The number of rotatable bonds is 7. The van der Waals surface area contributed by atoms with Gasteiger partial charge in [-0.1, -0.05) is 26.7 Å². The number of amides is 2. The lowest BCUT2D eigenvalue weighted by Crippen LogP contribution is -2.41. The minimum Gasteiger partial charge on any atom is -0.452 e. The van der Waals surface area contributed by atoms with Crippen molar-refractivity contribution in [2.45, 2.75) is 52.6 Å². The van der Waals surface area contributed by atoms with E-state index in [4.69, 9.17) is 4.42 Å². The van der Waals surface area contributed by atoms with Crippen molar-refractivity contribution in [2.75, 3.05) is 7.05 Å². The van der Waals surface area contributed by atoms with Gasteiger partial charge in [-0.25, -0.2) is 4.79 Å². The Labute approximate surface area is 130 Å². The van der Waals surface area contributed by atoms with E-state index >= 15 is 0 Å². The molecular formula is C15H25BrN2O2. The zero-order valence-electron chi connectivity index (χ0n) is 12.8. The molecular weight excluding hydrogens is 320 g/mol. The highest BCUT2D eigenvalue weighted by molar-refractivity contribution is 9.10. The fraction of sp³-hybridized carbons (Fsp3) is 0.667. The zero-order valence-corrected chi connectivity index (χ0v) is 14.4. The van der Waals surface area contributed by atoms with Gasteiger partial charge in [-0.2, -0.15) is 0 Å². The molecule has 1 heterocycles.